The predicted octanol–water partition coefficient (Wildman–Crippen LogP) is 2.70. The Balaban J connectivity index is 2.41. The average Bonchev–Trinajstić information content (AvgIpc) is 2.44. The molecule has 3 N–H and O–H groups in total. The van der Waals surface area contributed by atoms with E-state index in [4.69, 9.17) is 15.2 Å². The van der Waals surface area contributed by atoms with E-state index in [2.05, 4.69) is 10.3 Å². The van der Waals surface area contributed by atoms with Crippen LogP contribution in [0.1, 0.15) is 0 Å². The number of aromatic nitrogens is 1. The van der Waals surface area contributed by atoms with Crippen LogP contribution >= 0.6 is 0 Å². The van der Waals surface area contributed by atoms with Gasteiger partial charge in [-0.3, -0.25) is 0 Å². The number of halogens is 2. The Labute approximate surface area is 114 Å². The molecule has 106 valence electrons. The molecule has 0 aliphatic heterocycles. The molecule has 0 amide bonds. The van der Waals surface area contributed by atoms with Crippen LogP contribution in [-0.4, -0.2) is 19.2 Å². The van der Waals surface area contributed by atoms with Crippen molar-refractivity contribution in [2.45, 2.75) is 0 Å². The summed E-state index contributed by atoms with van der Waals surface area (Å²) < 4.78 is 36.9. The van der Waals surface area contributed by atoms with Gasteiger partial charge in [0, 0.05) is 12.1 Å². The van der Waals surface area contributed by atoms with Crippen molar-refractivity contribution < 1.29 is 18.3 Å². The van der Waals surface area contributed by atoms with E-state index < -0.39 is 17.5 Å². The summed E-state index contributed by atoms with van der Waals surface area (Å²) in [6.45, 7) is 0. The molecule has 2 rings (SSSR count). The lowest BCUT2D eigenvalue weighted by molar-refractivity contribution is 0.404. The Kier molecular flexibility index (Phi) is 3.88. The minimum atomic E-state index is -0.911. The number of nitrogens with two attached hydrogens (primary N) is 1. The van der Waals surface area contributed by atoms with Gasteiger partial charge in [0.25, 0.3) is 0 Å². The van der Waals surface area contributed by atoms with E-state index in [9.17, 15) is 8.78 Å². The number of nitrogen functional groups attached to an aromatic ring is 1. The van der Waals surface area contributed by atoms with Gasteiger partial charge in [-0.15, -0.1) is 0 Å². The van der Waals surface area contributed by atoms with Gasteiger partial charge in [-0.05, 0) is 12.1 Å². The summed E-state index contributed by atoms with van der Waals surface area (Å²) in [6.07, 6.45) is 0. The van der Waals surface area contributed by atoms with E-state index in [-0.39, 0.29) is 5.82 Å². The molecule has 0 saturated heterocycles. The monoisotopic (exact) mass is 281 g/mol. The molecular weight excluding hydrogens is 268 g/mol. The zero-order chi connectivity index (χ0) is 14.7. The molecule has 0 aliphatic carbocycles. The number of nitrogens with one attached hydrogen (secondary N) is 1. The first-order chi connectivity index (χ1) is 9.55. The van der Waals surface area contributed by atoms with E-state index in [1.165, 1.54) is 14.2 Å². The van der Waals surface area contributed by atoms with Crippen LogP contribution < -0.4 is 20.5 Å². The number of methoxy groups -OCH3 is 2. The average molecular weight is 281 g/mol. The fourth-order valence-corrected chi connectivity index (χ4v) is 1.61. The lowest BCUT2D eigenvalue weighted by atomic mass is 10.2. The van der Waals surface area contributed by atoms with Crippen LogP contribution in [0.5, 0.6) is 11.5 Å². The Morgan fingerprint density at radius 1 is 1.10 bits per heavy atom. The number of hydrogen-bond acceptors (Lipinski definition) is 5. The van der Waals surface area contributed by atoms with Crippen LogP contribution in [0.3, 0.4) is 0 Å². The summed E-state index contributed by atoms with van der Waals surface area (Å²) in [4.78, 5) is 3.62. The van der Waals surface area contributed by atoms with Gasteiger partial charge in [0.1, 0.15) is 11.5 Å². The highest BCUT2D eigenvalue weighted by Crippen LogP contribution is 2.32. The largest absolute Gasteiger partial charge is 0.497 e. The first-order valence-electron chi connectivity index (χ1n) is 5.65. The molecule has 0 spiro atoms. The van der Waals surface area contributed by atoms with E-state index in [1.54, 1.807) is 18.2 Å². The second kappa shape index (κ2) is 5.60. The van der Waals surface area contributed by atoms with Gasteiger partial charge in [-0.2, -0.15) is 0 Å². The summed E-state index contributed by atoms with van der Waals surface area (Å²) in [5.41, 5.74) is 5.74. The minimum absolute atomic E-state index is 0.199. The SMILES string of the molecule is COc1ccc(OC)c(Nc2nc(N)c(F)cc2F)c1. The molecule has 0 aliphatic rings. The zero-order valence-electron chi connectivity index (χ0n) is 10.9. The van der Waals surface area contributed by atoms with Crippen LogP contribution in [0.2, 0.25) is 0 Å². The molecule has 0 bridgehead atoms. The van der Waals surface area contributed by atoms with Crippen molar-refractivity contribution in [3.63, 3.8) is 0 Å². The lowest BCUT2D eigenvalue weighted by Crippen LogP contribution is -2.04. The number of rotatable bonds is 4. The fraction of sp³-hybridized carbons (Fsp3) is 0.154. The zero-order valence-corrected chi connectivity index (χ0v) is 10.9. The fourth-order valence-electron chi connectivity index (χ4n) is 1.61. The highest BCUT2D eigenvalue weighted by atomic mass is 19.1. The van der Waals surface area contributed by atoms with Crippen LogP contribution in [0, 0.1) is 11.6 Å². The first kappa shape index (κ1) is 13.9. The second-order valence-electron chi connectivity index (χ2n) is 3.88. The summed E-state index contributed by atoms with van der Waals surface area (Å²) >= 11 is 0. The van der Waals surface area contributed by atoms with Crippen LogP contribution in [0.15, 0.2) is 24.3 Å². The Hall–Kier alpha value is -2.57. The number of hydrogen-bond donors (Lipinski definition) is 2. The Morgan fingerprint density at radius 2 is 1.85 bits per heavy atom. The third-order valence-corrected chi connectivity index (χ3v) is 2.62. The molecule has 5 nitrogen and oxygen atoms in total. The molecule has 0 atom stereocenters. The summed E-state index contributed by atoms with van der Waals surface area (Å²) in [5, 5.41) is 2.70. The van der Waals surface area contributed by atoms with Crippen molar-refractivity contribution in [2.75, 3.05) is 25.3 Å². The van der Waals surface area contributed by atoms with E-state index >= 15 is 0 Å². The molecule has 0 fully saturated rings. The van der Waals surface area contributed by atoms with Crippen LogP contribution in [0.4, 0.5) is 26.1 Å². The van der Waals surface area contributed by atoms with Gasteiger partial charge < -0.3 is 20.5 Å². The maximum absolute atomic E-state index is 13.6. The summed E-state index contributed by atoms with van der Waals surface area (Å²) in [7, 11) is 2.97. The Bertz CT molecular complexity index is 635. The van der Waals surface area contributed by atoms with Gasteiger partial charge in [0.15, 0.2) is 23.3 Å². The maximum Gasteiger partial charge on any atom is 0.169 e. The maximum atomic E-state index is 13.6. The van der Waals surface area contributed by atoms with Crippen molar-refractivity contribution >= 4 is 17.3 Å². The summed E-state index contributed by atoms with van der Waals surface area (Å²) in [5.74, 6) is -1.36. The number of benzene rings is 1. The molecule has 1 aromatic heterocycles. The molecule has 0 unspecified atom stereocenters. The van der Waals surface area contributed by atoms with Gasteiger partial charge in [0.2, 0.25) is 0 Å². The van der Waals surface area contributed by atoms with Crippen molar-refractivity contribution in [3.05, 3.63) is 35.9 Å². The van der Waals surface area contributed by atoms with E-state index in [0.717, 1.165) is 0 Å². The number of anilines is 3. The number of pyridine rings is 1. The molecule has 0 saturated carbocycles. The molecule has 2 aromatic rings. The smallest absolute Gasteiger partial charge is 0.169 e. The third kappa shape index (κ3) is 2.71. The quantitative estimate of drug-likeness (QED) is 0.901. The molecule has 1 aromatic carbocycles. The molecule has 0 radical (unpaired) electrons. The first-order valence-corrected chi connectivity index (χ1v) is 5.65. The summed E-state index contributed by atoms with van der Waals surface area (Å²) in [6, 6.07) is 5.59. The van der Waals surface area contributed by atoms with E-state index in [1.807, 2.05) is 0 Å². The van der Waals surface area contributed by atoms with Crippen LogP contribution in [0.25, 0.3) is 0 Å². The molecule has 1 heterocycles. The van der Waals surface area contributed by atoms with Crippen LogP contribution in [-0.2, 0) is 0 Å². The number of ether oxygens (including phenoxy) is 2. The van der Waals surface area contributed by atoms with Gasteiger partial charge >= 0.3 is 0 Å². The standard InChI is InChI=1S/C13H13F2N3O2/c1-19-7-3-4-11(20-2)10(5-7)17-13-9(15)6-8(14)12(16)18-13/h3-6H,1-2H3,(H3,16,17,18). The lowest BCUT2D eigenvalue weighted by Gasteiger charge is -2.13. The van der Waals surface area contributed by atoms with Gasteiger partial charge in [-0.1, -0.05) is 0 Å². The Morgan fingerprint density at radius 3 is 2.50 bits per heavy atom. The van der Waals surface area contributed by atoms with Gasteiger partial charge in [-0.25, -0.2) is 13.8 Å². The minimum Gasteiger partial charge on any atom is -0.497 e. The second-order valence-corrected chi connectivity index (χ2v) is 3.88. The number of nitrogens with zero attached hydrogens (tertiary/aromatic N) is 1. The van der Waals surface area contributed by atoms with E-state index in [0.29, 0.717) is 23.3 Å². The highest BCUT2D eigenvalue weighted by molar-refractivity contribution is 5.67. The van der Waals surface area contributed by atoms with Crippen molar-refractivity contribution in [1.29, 1.82) is 0 Å². The normalized spacial score (nSPS) is 10.2. The van der Waals surface area contributed by atoms with Crippen molar-refractivity contribution in [1.82, 2.24) is 4.98 Å². The van der Waals surface area contributed by atoms with Crippen molar-refractivity contribution in [3.8, 4) is 11.5 Å². The highest BCUT2D eigenvalue weighted by Gasteiger charge is 2.12. The molecule has 7 heteroatoms. The topological polar surface area (TPSA) is 69.4 Å². The molecular formula is C13H13F2N3O2. The predicted molar refractivity (Wildman–Crippen MR) is 71.4 cm³/mol. The molecule has 20 heavy (non-hydrogen) atoms. The third-order valence-electron chi connectivity index (χ3n) is 2.62. The van der Waals surface area contributed by atoms with Gasteiger partial charge in [0.05, 0.1) is 19.9 Å². The van der Waals surface area contributed by atoms with Crippen molar-refractivity contribution in [2.24, 2.45) is 0 Å².